The number of allylic oxidation sites excluding steroid dienone is 1. The number of furan rings is 1. The van der Waals surface area contributed by atoms with E-state index in [9.17, 15) is 4.79 Å². The van der Waals surface area contributed by atoms with Crippen molar-refractivity contribution >= 4 is 11.9 Å². The molecule has 0 bridgehead atoms. The van der Waals surface area contributed by atoms with Crippen LogP contribution in [0.2, 0.25) is 0 Å². The molecular formula is C20H14N2O3. The molecule has 0 aliphatic heterocycles. The standard InChI is InChI=1S/C20H14N2O3/c21-12-15-3-5-17(6-4-15)24-14-19-8-7-18(25-19)9-10-20(23)16-2-1-11-22-13-16/h1-11,13H,14H2/b10-9+. The number of aromatic nitrogens is 1. The van der Waals surface area contributed by atoms with Gasteiger partial charge in [0, 0.05) is 18.0 Å². The van der Waals surface area contributed by atoms with Gasteiger partial charge in [-0.1, -0.05) is 0 Å². The highest BCUT2D eigenvalue weighted by Gasteiger charge is 2.04. The van der Waals surface area contributed by atoms with Gasteiger partial charge in [-0.25, -0.2) is 0 Å². The average molecular weight is 330 g/mol. The van der Waals surface area contributed by atoms with Gasteiger partial charge in [0.25, 0.3) is 0 Å². The molecule has 2 aromatic heterocycles. The minimum Gasteiger partial charge on any atom is -0.486 e. The Hall–Kier alpha value is -3.65. The van der Waals surface area contributed by atoms with Crippen LogP contribution in [0, 0.1) is 11.3 Å². The van der Waals surface area contributed by atoms with E-state index in [0.29, 0.717) is 28.4 Å². The molecule has 0 spiro atoms. The van der Waals surface area contributed by atoms with E-state index >= 15 is 0 Å². The van der Waals surface area contributed by atoms with E-state index in [2.05, 4.69) is 11.1 Å². The second kappa shape index (κ2) is 7.75. The topological polar surface area (TPSA) is 76.1 Å². The Morgan fingerprint density at radius 3 is 2.76 bits per heavy atom. The van der Waals surface area contributed by atoms with Crippen molar-refractivity contribution in [3.63, 3.8) is 0 Å². The normalized spacial score (nSPS) is 10.5. The third-order valence-electron chi connectivity index (χ3n) is 3.39. The molecule has 3 aromatic rings. The number of pyridine rings is 1. The van der Waals surface area contributed by atoms with Crippen LogP contribution in [-0.4, -0.2) is 10.8 Å². The largest absolute Gasteiger partial charge is 0.486 e. The number of carbonyl (C=O) groups excluding carboxylic acids is 1. The SMILES string of the molecule is N#Cc1ccc(OCc2ccc(/C=C/C(=O)c3cccnc3)o2)cc1. The summed E-state index contributed by atoms with van der Waals surface area (Å²) in [4.78, 5) is 15.9. The van der Waals surface area contributed by atoms with Crippen molar-refractivity contribution < 1.29 is 13.9 Å². The van der Waals surface area contributed by atoms with Gasteiger partial charge in [-0.05, 0) is 60.7 Å². The molecule has 122 valence electrons. The molecule has 25 heavy (non-hydrogen) atoms. The smallest absolute Gasteiger partial charge is 0.187 e. The van der Waals surface area contributed by atoms with Crippen molar-refractivity contribution in [1.82, 2.24) is 4.98 Å². The Kier molecular flexibility index (Phi) is 5.03. The zero-order valence-electron chi connectivity index (χ0n) is 13.3. The maximum absolute atomic E-state index is 12.0. The van der Waals surface area contributed by atoms with Crippen LogP contribution in [0.5, 0.6) is 5.75 Å². The third kappa shape index (κ3) is 4.43. The number of ketones is 1. The number of hydrogen-bond donors (Lipinski definition) is 0. The molecule has 0 radical (unpaired) electrons. The predicted octanol–water partition coefficient (Wildman–Crippen LogP) is 4.02. The van der Waals surface area contributed by atoms with Gasteiger partial charge in [-0.3, -0.25) is 9.78 Å². The quantitative estimate of drug-likeness (QED) is 0.504. The van der Waals surface area contributed by atoms with Crippen molar-refractivity contribution in [2.45, 2.75) is 6.61 Å². The highest BCUT2D eigenvalue weighted by molar-refractivity contribution is 6.06. The fourth-order valence-electron chi connectivity index (χ4n) is 2.10. The number of hydrogen-bond acceptors (Lipinski definition) is 5. The van der Waals surface area contributed by atoms with Crippen molar-refractivity contribution in [3.05, 3.63) is 89.6 Å². The summed E-state index contributed by atoms with van der Waals surface area (Å²) < 4.78 is 11.2. The molecule has 0 aliphatic rings. The molecule has 0 fully saturated rings. The Morgan fingerprint density at radius 1 is 1.20 bits per heavy atom. The molecule has 0 saturated heterocycles. The molecular weight excluding hydrogens is 316 g/mol. The highest BCUT2D eigenvalue weighted by atomic mass is 16.5. The summed E-state index contributed by atoms with van der Waals surface area (Å²) in [6, 6.07) is 15.9. The molecule has 3 rings (SSSR count). The van der Waals surface area contributed by atoms with Crippen LogP contribution in [0.15, 0.2) is 71.4 Å². The first kappa shape index (κ1) is 16.2. The maximum Gasteiger partial charge on any atom is 0.187 e. The first-order chi connectivity index (χ1) is 12.2. The van der Waals surface area contributed by atoms with Crippen LogP contribution in [0.25, 0.3) is 6.08 Å². The maximum atomic E-state index is 12.0. The lowest BCUT2D eigenvalue weighted by Crippen LogP contribution is -1.94. The number of nitrogens with zero attached hydrogens (tertiary/aromatic N) is 2. The first-order valence-corrected chi connectivity index (χ1v) is 7.59. The Morgan fingerprint density at radius 2 is 2.04 bits per heavy atom. The molecule has 0 unspecified atom stereocenters. The van der Waals surface area contributed by atoms with Crippen LogP contribution in [0.1, 0.15) is 27.4 Å². The molecule has 0 aliphatic carbocycles. The summed E-state index contributed by atoms with van der Waals surface area (Å²) in [6.45, 7) is 0.260. The van der Waals surface area contributed by atoms with E-state index < -0.39 is 0 Å². The van der Waals surface area contributed by atoms with Crippen LogP contribution in [0.3, 0.4) is 0 Å². The molecule has 0 saturated carbocycles. The number of ether oxygens (including phenoxy) is 1. The van der Waals surface area contributed by atoms with Gasteiger partial charge < -0.3 is 9.15 Å². The number of rotatable bonds is 6. The minimum atomic E-state index is -0.139. The van der Waals surface area contributed by atoms with E-state index in [1.165, 1.54) is 12.3 Å². The fourth-order valence-corrected chi connectivity index (χ4v) is 2.10. The summed E-state index contributed by atoms with van der Waals surface area (Å²) >= 11 is 0. The monoisotopic (exact) mass is 330 g/mol. The molecule has 5 heteroatoms. The van der Waals surface area contributed by atoms with Gasteiger partial charge >= 0.3 is 0 Å². The summed E-state index contributed by atoms with van der Waals surface area (Å²) in [7, 11) is 0. The molecule has 5 nitrogen and oxygen atoms in total. The minimum absolute atomic E-state index is 0.139. The Labute approximate surface area is 144 Å². The van der Waals surface area contributed by atoms with E-state index in [1.807, 2.05) is 0 Å². The van der Waals surface area contributed by atoms with E-state index in [1.54, 1.807) is 60.8 Å². The van der Waals surface area contributed by atoms with Crippen molar-refractivity contribution in [2.24, 2.45) is 0 Å². The van der Waals surface area contributed by atoms with Crippen LogP contribution in [0.4, 0.5) is 0 Å². The molecule has 0 atom stereocenters. The Bertz CT molecular complexity index is 920. The van der Waals surface area contributed by atoms with Gasteiger partial charge in [0.1, 0.15) is 23.9 Å². The highest BCUT2D eigenvalue weighted by Crippen LogP contribution is 2.16. The third-order valence-corrected chi connectivity index (χ3v) is 3.39. The fraction of sp³-hybridized carbons (Fsp3) is 0.0500. The van der Waals surface area contributed by atoms with E-state index in [0.717, 1.165) is 0 Å². The Balaban J connectivity index is 1.57. The van der Waals surface area contributed by atoms with Crippen molar-refractivity contribution in [3.8, 4) is 11.8 Å². The second-order valence-corrected chi connectivity index (χ2v) is 5.17. The van der Waals surface area contributed by atoms with Gasteiger partial charge in [-0.15, -0.1) is 0 Å². The van der Waals surface area contributed by atoms with Crippen molar-refractivity contribution in [2.75, 3.05) is 0 Å². The predicted molar refractivity (Wildman–Crippen MR) is 91.8 cm³/mol. The van der Waals surface area contributed by atoms with Gasteiger partial charge in [-0.2, -0.15) is 5.26 Å². The zero-order chi connectivity index (χ0) is 17.5. The van der Waals surface area contributed by atoms with Crippen LogP contribution >= 0.6 is 0 Å². The summed E-state index contributed by atoms with van der Waals surface area (Å²) in [5.74, 6) is 1.72. The lowest BCUT2D eigenvalue weighted by atomic mass is 10.2. The van der Waals surface area contributed by atoms with E-state index in [-0.39, 0.29) is 12.4 Å². The van der Waals surface area contributed by atoms with Gasteiger partial charge in [0.15, 0.2) is 5.78 Å². The molecule has 2 heterocycles. The van der Waals surface area contributed by atoms with Crippen molar-refractivity contribution in [1.29, 1.82) is 5.26 Å². The van der Waals surface area contributed by atoms with Crippen LogP contribution in [-0.2, 0) is 6.61 Å². The summed E-state index contributed by atoms with van der Waals surface area (Å²) in [6.07, 6.45) is 6.19. The first-order valence-electron chi connectivity index (χ1n) is 7.59. The van der Waals surface area contributed by atoms with Gasteiger partial charge in [0.2, 0.25) is 0 Å². The van der Waals surface area contributed by atoms with Gasteiger partial charge in [0.05, 0.1) is 11.6 Å². The lowest BCUT2D eigenvalue weighted by molar-refractivity contribution is 0.104. The number of carbonyl (C=O) groups is 1. The zero-order valence-corrected chi connectivity index (χ0v) is 13.3. The molecule has 1 aromatic carbocycles. The summed E-state index contributed by atoms with van der Waals surface area (Å²) in [5, 5.41) is 8.76. The number of benzene rings is 1. The molecule has 0 amide bonds. The molecule has 0 N–H and O–H groups in total. The van der Waals surface area contributed by atoms with Crippen LogP contribution < -0.4 is 4.74 Å². The summed E-state index contributed by atoms with van der Waals surface area (Å²) in [5.41, 5.74) is 1.10. The second-order valence-electron chi connectivity index (χ2n) is 5.17. The number of nitriles is 1. The van der Waals surface area contributed by atoms with E-state index in [4.69, 9.17) is 14.4 Å². The average Bonchev–Trinajstić information content (AvgIpc) is 3.13. The lowest BCUT2D eigenvalue weighted by Gasteiger charge is -2.03.